The Kier molecular flexibility index (Phi) is 2.49. The number of benzene rings is 1. The number of aliphatic hydroxyl groups excluding tert-OH is 1. The summed E-state index contributed by atoms with van der Waals surface area (Å²) in [5, 5.41) is 10.8. The first-order valence-electron chi connectivity index (χ1n) is 7.11. The predicted octanol–water partition coefficient (Wildman–Crippen LogP) is 2.72. The number of rotatable bonds is 2. The molecule has 2 unspecified atom stereocenters. The van der Waals surface area contributed by atoms with Gasteiger partial charge in [-0.05, 0) is 37.3 Å². The number of piperidine rings is 1. The zero-order valence-corrected chi connectivity index (χ0v) is 10.9. The van der Waals surface area contributed by atoms with Gasteiger partial charge in [0.25, 0.3) is 0 Å². The summed E-state index contributed by atoms with van der Waals surface area (Å²) in [5.74, 6) is 1.85. The molecule has 1 aromatic heterocycles. The van der Waals surface area contributed by atoms with Gasteiger partial charge in [0.1, 0.15) is 5.82 Å². The van der Waals surface area contributed by atoms with Crippen molar-refractivity contribution in [1.29, 1.82) is 0 Å². The number of hydrogen-bond acceptors (Lipinski definition) is 3. The van der Waals surface area contributed by atoms with Crippen LogP contribution in [0.15, 0.2) is 30.3 Å². The van der Waals surface area contributed by atoms with Gasteiger partial charge in [-0.1, -0.05) is 18.2 Å². The summed E-state index contributed by atoms with van der Waals surface area (Å²) >= 11 is 0. The van der Waals surface area contributed by atoms with Gasteiger partial charge in [0, 0.05) is 23.5 Å². The first kappa shape index (κ1) is 11.2. The Morgan fingerprint density at radius 3 is 2.89 bits per heavy atom. The number of pyridine rings is 1. The van der Waals surface area contributed by atoms with Crippen LogP contribution in [0.25, 0.3) is 10.9 Å². The van der Waals surface area contributed by atoms with Gasteiger partial charge in [-0.15, -0.1) is 0 Å². The van der Waals surface area contributed by atoms with Crippen molar-refractivity contribution < 1.29 is 5.11 Å². The van der Waals surface area contributed by atoms with Gasteiger partial charge in [0.05, 0.1) is 12.1 Å². The van der Waals surface area contributed by atoms with Gasteiger partial charge in [-0.2, -0.15) is 0 Å². The molecule has 1 aliphatic carbocycles. The standard InChI is InChI=1S/C16H18N2O/c19-10-13-8-12-3-1-2-4-15(12)17-16(13)18-9-11-5-6-14(18)7-11/h1-4,8,11,14,19H,5-7,9-10H2. The highest BCUT2D eigenvalue weighted by Gasteiger charge is 2.39. The van der Waals surface area contributed by atoms with Crippen molar-refractivity contribution >= 4 is 16.7 Å². The Morgan fingerprint density at radius 2 is 2.16 bits per heavy atom. The Labute approximate surface area is 112 Å². The first-order valence-corrected chi connectivity index (χ1v) is 7.11. The van der Waals surface area contributed by atoms with Gasteiger partial charge in [-0.25, -0.2) is 4.98 Å². The number of nitrogens with zero attached hydrogens (tertiary/aromatic N) is 2. The molecular weight excluding hydrogens is 236 g/mol. The van der Waals surface area contributed by atoms with Crippen molar-refractivity contribution in [3.8, 4) is 0 Å². The fourth-order valence-corrected chi connectivity index (χ4v) is 3.70. The van der Waals surface area contributed by atoms with Crippen molar-refractivity contribution in [2.24, 2.45) is 5.92 Å². The van der Waals surface area contributed by atoms with E-state index in [1.54, 1.807) is 0 Å². The Morgan fingerprint density at radius 1 is 1.26 bits per heavy atom. The highest BCUT2D eigenvalue weighted by Crippen LogP contribution is 2.41. The fraction of sp³-hybridized carbons (Fsp3) is 0.438. The largest absolute Gasteiger partial charge is 0.392 e. The summed E-state index contributed by atoms with van der Waals surface area (Å²) in [6.45, 7) is 1.18. The molecule has 1 aliphatic heterocycles. The molecule has 1 saturated heterocycles. The molecule has 0 amide bonds. The molecule has 2 fully saturated rings. The normalized spacial score (nSPS) is 25.4. The smallest absolute Gasteiger partial charge is 0.135 e. The van der Waals surface area contributed by atoms with Crippen LogP contribution in [0, 0.1) is 5.92 Å². The summed E-state index contributed by atoms with van der Waals surface area (Å²) in [4.78, 5) is 7.24. The Balaban J connectivity index is 1.83. The summed E-state index contributed by atoms with van der Waals surface area (Å²) < 4.78 is 0. The minimum Gasteiger partial charge on any atom is -0.392 e. The van der Waals surface area contributed by atoms with E-state index in [-0.39, 0.29) is 6.61 Å². The minimum absolute atomic E-state index is 0.0705. The first-order chi connectivity index (χ1) is 9.35. The van der Waals surface area contributed by atoms with Gasteiger partial charge in [0.15, 0.2) is 0 Å². The molecule has 2 bridgehead atoms. The molecule has 2 aromatic rings. The van der Waals surface area contributed by atoms with E-state index in [9.17, 15) is 5.11 Å². The maximum atomic E-state index is 9.64. The summed E-state index contributed by atoms with van der Waals surface area (Å²) in [6, 6.07) is 10.9. The SMILES string of the molecule is OCc1cc2ccccc2nc1N1CC2CCC1C2. The van der Waals surface area contributed by atoms with Crippen LogP contribution in [0.4, 0.5) is 5.82 Å². The van der Waals surface area contributed by atoms with Gasteiger partial charge < -0.3 is 10.0 Å². The second-order valence-corrected chi connectivity index (χ2v) is 5.81. The molecule has 1 N–H and O–H groups in total. The number of para-hydroxylation sites is 1. The van der Waals surface area contributed by atoms with Crippen molar-refractivity contribution in [3.05, 3.63) is 35.9 Å². The second-order valence-electron chi connectivity index (χ2n) is 5.81. The number of fused-ring (bicyclic) bond motifs is 3. The molecule has 2 atom stereocenters. The van der Waals surface area contributed by atoms with Crippen LogP contribution in [0.5, 0.6) is 0 Å². The van der Waals surface area contributed by atoms with Crippen LogP contribution in [0.1, 0.15) is 24.8 Å². The predicted molar refractivity (Wildman–Crippen MR) is 76.1 cm³/mol. The molecule has 2 aliphatic rings. The van der Waals surface area contributed by atoms with Crippen molar-refractivity contribution in [3.63, 3.8) is 0 Å². The quantitative estimate of drug-likeness (QED) is 0.895. The molecule has 19 heavy (non-hydrogen) atoms. The van der Waals surface area contributed by atoms with E-state index in [0.717, 1.165) is 34.7 Å². The third-order valence-electron chi connectivity index (χ3n) is 4.63. The van der Waals surface area contributed by atoms with Crippen molar-refractivity contribution in [2.75, 3.05) is 11.4 Å². The summed E-state index contributed by atoms with van der Waals surface area (Å²) in [7, 11) is 0. The topological polar surface area (TPSA) is 36.4 Å². The third-order valence-corrected chi connectivity index (χ3v) is 4.63. The summed E-state index contributed by atoms with van der Waals surface area (Å²) in [5.41, 5.74) is 1.99. The lowest BCUT2D eigenvalue weighted by molar-refractivity contribution is 0.281. The molecule has 98 valence electrons. The molecule has 3 nitrogen and oxygen atoms in total. The zero-order chi connectivity index (χ0) is 12.8. The van der Waals surface area contributed by atoms with Crippen molar-refractivity contribution in [2.45, 2.75) is 31.9 Å². The highest BCUT2D eigenvalue weighted by atomic mass is 16.3. The van der Waals surface area contributed by atoms with Gasteiger partial charge in [0.2, 0.25) is 0 Å². The fourth-order valence-electron chi connectivity index (χ4n) is 3.70. The molecule has 0 spiro atoms. The molecule has 1 saturated carbocycles. The van der Waals surface area contributed by atoms with Crippen LogP contribution < -0.4 is 4.90 Å². The summed E-state index contributed by atoms with van der Waals surface area (Å²) in [6.07, 6.45) is 3.95. The number of aromatic nitrogens is 1. The highest BCUT2D eigenvalue weighted by molar-refractivity contribution is 5.82. The lowest BCUT2D eigenvalue weighted by Crippen LogP contribution is -2.33. The Hall–Kier alpha value is -1.61. The molecule has 4 rings (SSSR count). The molecule has 0 radical (unpaired) electrons. The number of anilines is 1. The Bertz CT molecular complexity index is 625. The second kappa shape index (κ2) is 4.20. The van der Waals surface area contributed by atoms with Crippen LogP contribution in [-0.2, 0) is 6.61 Å². The monoisotopic (exact) mass is 254 g/mol. The molecule has 1 aromatic carbocycles. The maximum Gasteiger partial charge on any atom is 0.135 e. The molecular formula is C16H18N2O. The van der Waals surface area contributed by atoms with E-state index in [4.69, 9.17) is 4.98 Å². The van der Waals surface area contributed by atoms with Gasteiger partial charge >= 0.3 is 0 Å². The average molecular weight is 254 g/mol. The van der Waals surface area contributed by atoms with E-state index < -0.39 is 0 Å². The number of aliphatic hydroxyl groups is 1. The molecule has 3 heteroatoms. The van der Waals surface area contributed by atoms with Crippen LogP contribution in [0.3, 0.4) is 0 Å². The van der Waals surface area contributed by atoms with E-state index in [0.29, 0.717) is 6.04 Å². The average Bonchev–Trinajstić information content (AvgIpc) is 3.08. The minimum atomic E-state index is 0.0705. The lowest BCUT2D eigenvalue weighted by Gasteiger charge is -2.29. The zero-order valence-electron chi connectivity index (χ0n) is 10.9. The molecule has 2 heterocycles. The third kappa shape index (κ3) is 1.72. The van der Waals surface area contributed by atoms with Crippen molar-refractivity contribution in [1.82, 2.24) is 4.98 Å². The van der Waals surface area contributed by atoms with E-state index in [1.165, 1.54) is 19.3 Å². The van der Waals surface area contributed by atoms with Crippen LogP contribution >= 0.6 is 0 Å². The number of hydrogen-bond donors (Lipinski definition) is 1. The van der Waals surface area contributed by atoms with Crippen LogP contribution in [-0.4, -0.2) is 22.7 Å². The van der Waals surface area contributed by atoms with Crippen LogP contribution in [0.2, 0.25) is 0 Å². The van der Waals surface area contributed by atoms with E-state index in [2.05, 4.69) is 17.0 Å². The van der Waals surface area contributed by atoms with Gasteiger partial charge in [-0.3, -0.25) is 0 Å². The lowest BCUT2D eigenvalue weighted by atomic mass is 10.1. The van der Waals surface area contributed by atoms with E-state index in [1.807, 2.05) is 18.2 Å². The van der Waals surface area contributed by atoms with E-state index >= 15 is 0 Å². The maximum absolute atomic E-state index is 9.64.